The van der Waals surface area contributed by atoms with Crippen LogP contribution in [0, 0.1) is 6.92 Å². The summed E-state index contributed by atoms with van der Waals surface area (Å²) in [5, 5.41) is 0. The molecule has 0 aliphatic carbocycles. The normalized spacial score (nSPS) is 9.75. The van der Waals surface area contributed by atoms with Gasteiger partial charge in [0.15, 0.2) is 6.29 Å². The molecule has 63 valence electrons. The predicted molar refractivity (Wildman–Crippen MR) is 49.8 cm³/mol. The summed E-state index contributed by atoms with van der Waals surface area (Å²) < 4.78 is 0. The van der Waals surface area contributed by atoms with Crippen LogP contribution in [-0.4, -0.2) is 6.29 Å². The van der Waals surface area contributed by atoms with Gasteiger partial charge in [-0.1, -0.05) is 24.3 Å². The predicted octanol–water partition coefficient (Wildman–Crippen LogP) is 2.43. The Hall–Kier alpha value is -1.11. The Morgan fingerprint density at radius 3 is 2.75 bits per heavy atom. The molecule has 0 saturated carbocycles. The molecule has 0 aromatic heterocycles. The van der Waals surface area contributed by atoms with Crippen LogP contribution in [0.5, 0.6) is 0 Å². The highest BCUT2D eigenvalue weighted by molar-refractivity contribution is 5.50. The average molecular weight is 161 g/mol. The monoisotopic (exact) mass is 161 g/mol. The summed E-state index contributed by atoms with van der Waals surface area (Å²) in [6, 6.07) is 8.28. The van der Waals surface area contributed by atoms with Crippen molar-refractivity contribution in [1.29, 1.82) is 0 Å². The van der Waals surface area contributed by atoms with Gasteiger partial charge in [0.05, 0.1) is 0 Å². The SMILES string of the molecule is Cc1ccccc1CCC[C]=O. The highest BCUT2D eigenvalue weighted by Gasteiger charge is 1.95. The van der Waals surface area contributed by atoms with E-state index in [-0.39, 0.29) is 0 Å². The van der Waals surface area contributed by atoms with E-state index in [9.17, 15) is 4.79 Å². The zero-order valence-electron chi connectivity index (χ0n) is 7.34. The molecule has 0 aliphatic heterocycles. The van der Waals surface area contributed by atoms with Crippen molar-refractivity contribution in [3.8, 4) is 0 Å². The van der Waals surface area contributed by atoms with Crippen LogP contribution in [0.3, 0.4) is 0 Å². The summed E-state index contributed by atoms with van der Waals surface area (Å²) in [5.74, 6) is 0. The van der Waals surface area contributed by atoms with Crippen LogP contribution in [-0.2, 0) is 11.2 Å². The molecule has 0 fully saturated rings. The summed E-state index contributed by atoms with van der Waals surface area (Å²) in [4.78, 5) is 9.95. The van der Waals surface area contributed by atoms with Gasteiger partial charge in [-0.15, -0.1) is 0 Å². The second-order valence-corrected chi connectivity index (χ2v) is 2.92. The van der Waals surface area contributed by atoms with Crippen LogP contribution in [0.1, 0.15) is 24.0 Å². The van der Waals surface area contributed by atoms with E-state index in [1.807, 2.05) is 18.4 Å². The molecule has 1 radical (unpaired) electrons. The Kier molecular flexibility index (Phi) is 3.52. The molecule has 0 saturated heterocycles. The lowest BCUT2D eigenvalue weighted by molar-refractivity contribution is 0.548. The first kappa shape index (κ1) is 8.98. The maximum absolute atomic E-state index is 9.95. The summed E-state index contributed by atoms with van der Waals surface area (Å²) >= 11 is 0. The van der Waals surface area contributed by atoms with Gasteiger partial charge in [0.1, 0.15) is 0 Å². The van der Waals surface area contributed by atoms with Gasteiger partial charge in [-0.25, -0.2) is 0 Å². The number of rotatable bonds is 4. The molecule has 1 heteroatoms. The van der Waals surface area contributed by atoms with Crippen molar-refractivity contribution in [2.24, 2.45) is 0 Å². The van der Waals surface area contributed by atoms with Gasteiger partial charge in [-0.2, -0.15) is 0 Å². The molecular formula is C11H13O. The first-order valence-electron chi connectivity index (χ1n) is 4.24. The molecule has 0 aliphatic rings. The molecule has 12 heavy (non-hydrogen) atoms. The average Bonchev–Trinajstić information content (AvgIpc) is 2.09. The van der Waals surface area contributed by atoms with Crippen LogP contribution in [0.2, 0.25) is 0 Å². The van der Waals surface area contributed by atoms with Crippen LogP contribution in [0.25, 0.3) is 0 Å². The number of carbonyl (C=O) groups excluding carboxylic acids is 1. The quantitative estimate of drug-likeness (QED) is 0.620. The molecule has 1 aromatic carbocycles. The Bertz CT molecular complexity index is 253. The number of hydrogen-bond donors (Lipinski definition) is 0. The topological polar surface area (TPSA) is 17.1 Å². The minimum absolute atomic E-state index is 0.550. The van der Waals surface area contributed by atoms with Crippen molar-refractivity contribution in [3.63, 3.8) is 0 Å². The molecule has 1 nitrogen and oxygen atoms in total. The fraction of sp³-hybridized carbons (Fsp3) is 0.364. The molecule has 1 rings (SSSR count). The highest BCUT2D eigenvalue weighted by Crippen LogP contribution is 2.09. The standard InChI is InChI=1S/C11H13O/c1-10-6-2-3-7-11(10)8-4-5-9-12/h2-3,6-7H,4-5,8H2,1H3. The maximum atomic E-state index is 9.95. The van der Waals surface area contributed by atoms with Crippen molar-refractivity contribution >= 4 is 6.29 Å². The molecule has 0 unspecified atom stereocenters. The second kappa shape index (κ2) is 4.70. The van der Waals surface area contributed by atoms with E-state index in [2.05, 4.69) is 19.1 Å². The van der Waals surface area contributed by atoms with E-state index in [0.717, 1.165) is 12.8 Å². The van der Waals surface area contributed by atoms with Gasteiger partial charge in [0.2, 0.25) is 0 Å². The van der Waals surface area contributed by atoms with Crippen LogP contribution >= 0.6 is 0 Å². The lowest BCUT2D eigenvalue weighted by Crippen LogP contribution is -1.89. The third-order valence-electron chi connectivity index (χ3n) is 1.99. The molecule has 0 spiro atoms. The lowest BCUT2D eigenvalue weighted by atomic mass is 10.0. The van der Waals surface area contributed by atoms with Crippen molar-refractivity contribution < 1.29 is 4.79 Å². The third kappa shape index (κ3) is 2.50. The van der Waals surface area contributed by atoms with E-state index in [1.165, 1.54) is 11.1 Å². The Balaban J connectivity index is 2.51. The number of aryl methyl sites for hydroxylation is 2. The van der Waals surface area contributed by atoms with E-state index < -0.39 is 0 Å². The van der Waals surface area contributed by atoms with Crippen molar-refractivity contribution in [2.45, 2.75) is 26.2 Å². The fourth-order valence-electron chi connectivity index (χ4n) is 1.24. The smallest absolute Gasteiger partial charge is 0.198 e. The van der Waals surface area contributed by atoms with Gasteiger partial charge in [-0.3, -0.25) is 4.79 Å². The van der Waals surface area contributed by atoms with Crippen LogP contribution in [0.15, 0.2) is 24.3 Å². The van der Waals surface area contributed by atoms with E-state index in [0.29, 0.717) is 6.42 Å². The maximum Gasteiger partial charge on any atom is 0.198 e. The summed E-state index contributed by atoms with van der Waals surface area (Å²) in [6.07, 6.45) is 4.36. The second-order valence-electron chi connectivity index (χ2n) is 2.92. The largest absolute Gasteiger partial charge is 0.291 e. The van der Waals surface area contributed by atoms with Gasteiger partial charge in [0, 0.05) is 6.42 Å². The molecule has 1 aromatic rings. The first-order valence-corrected chi connectivity index (χ1v) is 4.24. The van der Waals surface area contributed by atoms with E-state index >= 15 is 0 Å². The summed E-state index contributed by atoms with van der Waals surface area (Å²) in [7, 11) is 0. The molecule has 0 bridgehead atoms. The lowest BCUT2D eigenvalue weighted by Gasteiger charge is -2.02. The van der Waals surface area contributed by atoms with Gasteiger partial charge in [-0.05, 0) is 30.9 Å². The number of unbranched alkanes of at least 4 members (excludes halogenated alkanes) is 1. The summed E-state index contributed by atoms with van der Waals surface area (Å²) in [5.41, 5.74) is 2.65. The number of benzene rings is 1. The minimum Gasteiger partial charge on any atom is -0.291 e. The fourth-order valence-corrected chi connectivity index (χ4v) is 1.24. The summed E-state index contributed by atoms with van der Waals surface area (Å²) in [6.45, 7) is 2.10. The Labute approximate surface area is 73.4 Å². The zero-order valence-corrected chi connectivity index (χ0v) is 7.34. The Morgan fingerprint density at radius 2 is 2.08 bits per heavy atom. The van der Waals surface area contributed by atoms with Crippen molar-refractivity contribution in [1.82, 2.24) is 0 Å². The zero-order chi connectivity index (χ0) is 8.81. The molecule has 0 heterocycles. The van der Waals surface area contributed by atoms with E-state index in [1.54, 1.807) is 0 Å². The van der Waals surface area contributed by atoms with Crippen LogP contribution < -0.4 is 0 Å². The molecular weight excluding hydrogens is 148 g/mol. The molecule has 0 atom stereocenters. The molecule has 0 amide bonds. The van der Waals surface area contributed by atoms with Crippen molar-refractivity contribution in [2.75, 3.05) is 0 Å². The first-order chi connectivity index (χ1) is 5.84. The van der Waals surface area contributed by atoms with E-state index in [4.69, 9.17) is 0 Å². The van der Waals surface area contributed by atoms with Gasteiger partial charge in [0.25, 0.3) is 0 Å². The van der Waals surface area contributed by atoms with Crippen molar-refractivity contribution in [3.05, 3.63) is 35.4 Å². The number of hydrogen-bond acceptors (Lipinski definition) is 1. The van der Waals surface area contributed by atoms with Gasteiger partial charge >= 0.3 is 0 Å². The highest BCUT2D eigenvalue weighted by atomic mass is 16.1. The van der Waals surface area contributed by atoms with Gasteiger partial charge < -0.3 is 0 Å². The van der Waals surface area contributed by atoms with Crippen LogP contribution in [0.4, 0.5) is 0 Å². The molecule has 0 N–H and O–H groups in total. The Morgan fingerprint density at radius 1 is 1.33 bits per heavy atom. The third-order valence-corrected chi connectivity index (χ3v) is 1.99. The minimum atomic E-state index is 0.550.